The van der Waals surface area contributed by atoms with Gasteiger partial charge in [-0.05, 0) is 55.4 Å². The maximum atomic E-state index is 12.7. The number of aryl methyl sites for hydroxylation is 2. The average molecular weight is 437 g/mol. The zero-order valence-corrected chi connectivity index (χ0v) is 18.8. The number of fused-ring (bicyclic) bond motifs is 1. The summed E-state index contributed by atoms with van der Waals surface area (Å²) in [6, 6.07) is 5.47. The Balaban J connectivity index is 1.32. The fourth-order valence-corrected chi connectivity index (χ4v) is 7.30. The summed E-state index contributed by atoms with van der Waals surface area (Å²) in [6.07, 6.45) is 7.81. The fraction of sp³-hybridized carbons (Fsp3) is 0.682. The van der Waals surface area contributed by atoms with Gasteiger partial charge in [-0.1, -0.05) is 18.9 Å². The summed E-state index contributed by atoms with van der Waals surface area (Å²) in [4.78, 5) is 15.4. The molecule has 160 valence electrons. The molecule has 4 rings (SSSR count). The first kappa shape index (κ1) is 21.2. The average Bonchev–Trinajstić information content (AvgIpc) is 3.41. The minimum absolute atomic E-state index is 0.0331. The van der Waals surface area contributed by atoms with E-state index in [-0.39, 0.29) is 23.6 Å². The van der Waals surface area contributed by atoms with Crippen molar-refractivity contribution >= 4 is 27.5 Å². The van der Waals surface area contributed by atoms with E-state index in [1.165, 1.54) is 18.4 Å². The number of amides is 1. The van der Waals surface area contributed by atoms with Gasteiger partial charge < -0.3 is 5.32 Å². The van der Waals surface area contributed by atoms with Gasteiger partial charge in [-0.3, -0.25) is 9.69 Å². The lowest BCUT2D eigenvalue weighted by molar-refractivity contribution is -0.121. The molecule has 0 aromatic heterocycles. The van der Waals surface area contributed by atoms with Gasteiger partial charge in [0.05, 0.1) is 10.6 Å². The molecule has 0 bridgehead atoms. The van der Waals surface area contributed by atoms with Crippen LogP contribution in [0.25, 0.3) is 0 Å². The van der Waals surface area contributed by atoms with Crippen molar-refractivity contribution in [1.82, 2.24) is 10.2 Å². The number of carbonyl (C=O) groups excluding carboxylic acids is 1. The molecule has 0 unspecified atom stereocenters. The molecule has 1 saturated carbocycles. The van der Waals surface area contributed by atoms with Gasteiger partial charge in [0.1, 0.15) is 0 Å². The van der Waals surface area contributed by atoms with Crippen LogP contribution >= 0.6 is 11.8 Å². The van der Waals surface area contributed by atoms with Crippen LogP contribution in [0.3, 0.4) is 0 Å². The van der Waals surface area contributed by atoms with Crippen molar-refractivity contribution in [1.29, 1.82) is 0 Å². The van der Waals surface area contributed by atoms with E-state index in [9.17, 15) is 13.2 Å². The Morgan fingerprint density at radius 1 is 1.07 bits per heavy atom. The predicted molar refractivity (Wildman–Crippen MR) is 118 cm³/mol. The highest BCUT2D eigenvalue weighted by Crippen LogP contribution is 2.36. The second-order valence-electron chi connectivity index (χ2n) is 8.66. The van der Waals surface area contributed by atoms with Crippen LogP contribution in [-0.4, -0.2) is 61.7 Å². The Kier molecular flexibility index (Phi) is 6.56. The van der Waals surface area contributed by atoms with Crippen molar-refractivity contribution in [3.63, 3.8) is 0 Å². The highest BCUT2D eigenvalue weighted by Gasteiger charge is 2.40. The Hall–Kier alpha value is -1.05. The lowest BCUT2D eigenvalue weighted by Crippen LogP contribution is -2.56. The lowest BCUT2D eigenvalue weighted by Gasteiger charge is -2.43. The number of thioether (sulfide) groups is 1. The van der Waals surface area contributed by atoms with Crippen molar-refractivity contribution in [3.05, 3.63) is 29.3 Å². The summed E-state index contributed by atoms with van der Waals surface area (Å²) in [5.41, 5.74) is 2.49. The van der Waals surface area contributed by atoms with Gasteiger partial charge >= 0.3 is 0 Å². The van der Waals surface area contributed by atoms with E-state index in [0.717, 1.165) is 62.3 Å². The van der Waals surface area contributed by atoms with Crippen molar-refractivity contribution < 1.29 is 13.2 Å². The van der Waals surface area contributed by atoms with Crippen LogP contribution in [0.5, 0.6) is 0 Å². The normalized spacial score (nSPS) is 21.8. The summed E-state index contributed by atoms with van der Waals surface area (Å²) < 4.78 is 25.4. The summed E-state index contributed by atoms with van der Waals surface area (Å²) >= 11 is 2.00. The first-order valence-corrected chi connectivity index (χ1v) is 13.7. The Morgan fingerprint density at radius 3 is 2.55 bits per heavy atom. The van der Waals surface area contributed by atoms with Crippen molar-refractivity contribution in [2.45, 2.75) is 61.8 Å². The van der Waals surface area contributed by atoms with Gasteiger partial charge in [-0.15, -0.1) is 0 Å². The van der Waals surface area contributed by atoms with E-state index in [0.29, 0.717) is 11.4 Å². The highest BCUT2D eigenvalue weighted by atomic mass is 32.2. The number of nitrogens with one attached hydrogen (secondary N) is 1. The standard InChI is InChI=1S/C22H32N2O3S2/c25-21(23-17-22(9-1-2-10-22)24-11-13-28-14-12-24)8-15-29(26,27)20-7-6-18-4-3-5-19(18)16-20/h6-7,16H,1-5,8-15,17H2,(H,23,25). The molecule has 0 spiro atoms. The third kappa shape index (κ3) is 4.83. The van der Waals surface area contributed by atoms with E-state index in [1.807, 2.05) is 23.9 Å². The Labute approximate surface area is 178 Å². The smallest absolute Gasteiger partial charge is 0.221 e. The topological polar surface area (TPSA) is 66.5 Å². The number of nitrogens with zero attached hydrogens (tertiary/aromatic N) is 1. The molecule has 1 saturated heterocycles. The van der Waals surface area contributed by atoms with E-state index in [1.54, 1.807) is 6.07 Å². The van der Waals surface area contributed by atoms with Gasteiger partial charge in [0, 0.05) is 43.1 Å². The van der Waals surface area contributed by atoms with Crippen LogP contribution < -0.4 is 5.32 Å². The highest BCUT2D eigenvalue weighted by molar-refractivity contribution is 7.99. The SMILES string of the molecule is O=C(CCS(=O)(=O)c1ccc2c(c1)CCC2)NCC1(N2CCSCC2)CCCC1. The molecule has 1 amide bonds. The van der Waals surface area contributed by atoms with Gasteiger partial charge in [0.15, 0.2) is 9.84 Å². The number of hydrogen-bond donors (Lipinski definition) is 1. The van der Waals surface area contributed by atoms with Crippen LogP contribution in [0.1, 0.15) is 49.7 Å². The fourth-order valence-electron chi connectivity index (χ4n) is 5.11. The van der Waals surface area contributed by atoms with Crippen LogP contribution in [-0.2, 0) is 27.5 Å². The second-order valence-corrected chi connectivity index (χ2v) is 12.0. The molecular formula is C22H32N2O3S2. The van der Waals surface area contributed by atoms with E-state index in [4.69, 9.17) is 0 Å². The van der Waals surface area contributed by atoms with E-state index >= 15 is 0 Å². The van der Waals surface area contributed by atoms with Crippen LogP contribution in [0.2, 0.25) is 0 Å². The number of rotatable bonds is 7. The first-order valence-electron chi connectivity index (χ1n) is 10.9. The third-order valence-corrected chi connectivity index (χ3v) is 9.51. The molecule has 3 aliphatic rings. The zero-order chi connectivity index (χ0) is 20.3. The summed E-state index contributed by atoms with van der Waals surface area (Å²) in [5, 5.41) is 3.08. The molecule has 1 N–H and O–H groups in total. The maximum Gasteiger partial charge on any atom is 0.221 e. The van der Waals surface area contributed by atoms with Crippen molar-refractivity contribution in [2.24, 2.45) is 0 Å². The molecular weight excluding hydrogens is 404 g/mol. The third-order valence-electron chi connectivity index (χ3n) is 6.86. The molecule has 2 aliphatic carbocycles. The Bertz CT molecular complexity index is 842. The minimum atomic E-state index is -3.42. The summed E-state index contributed by atoms with van der Waals surface area (Å²) in [7, 11) is -3.42. The quantitative estimate of drug-likeness (QED) is 0.712. The Morgan fingerprint density at radius 2 is 1.79 bits per heavy atom. The van der Waals surface area contributed by atoms with Crippen LogP contribution in [0.4, 0.5) is 0 Å². The number of carbonyl (C=O) groups is 1. The van der Waals surface area contributed by atoms with Gasteiger partial charge in [-0.25, -0.2) is 8.42 Å². The van der Waals surface area contributed by atoms with Gasteiger partial charge in [0.2, 0.25) is 5.91 Å². The number of benzene rings is 1. The lowest BCUT2D eigenvalue weighted by atomic mass is 9.94. The van der Waals surface area contributed by atoms with Crippen molar-refractivity contribution in [3.8, 4) is 0 Å². The summed E-state index contributed by atoms with van der Waals surface area (Å²) in [5.74, 6) is 2.06. The molecule has 2 fully saturated rings. The van der Waals surface area contributed by atoms with Crippen LogP contribution in [0.15, 0.2) is 23.1 Å². The molecule has 7 heteroatoms. The van der Waals surface area contributed by atoms with E-state index < -0.39 is 9.84 Å². The van der Waals surface area contributed by atoms with Crippen molar-refractivity contribution in [2.75, 3.05) is 36.9 Å². The number of sulfone groups is 1. The molecule has 5 nitrogen and oxygen atoms in total. The molecule has 0 atom stereocenters. The maximum absolute atomic E-state index is 12.7. The summed E-state index contributed by atoms with van der Waals surface area (Å²) in [6.45, 7) is 2.83. The molecule has 1 heterocycles. The molecule has 29 heavy (non-hydrogen) atoms. The van der Waals surface area contributed by atoms with Crippen LogP contribution in [0, 0.1) is 0 Å². The minimum Gasteiger partial charge on any atom is -0.354 e. The van der Waals surface area contributed by atoms with E-state index in [2.05, 4.69) is 10.2 Å². The molecule has 0 radical (unpaired) electrons. The van der Waals surface area contributed by atoms with Gasteiger partial charge in [0.25, 0.3) is 0 Å². The molecule has 1 aromatic rings. The molecule has 1 aromatic carbocycles. The molecule has 1 aliphatic heterocycles. The second kappa shape index (κ2) is 8.98. The van der Waals surface area contributed by atoms with Gasteiger partial charge in [-0.2, -0.15) is 11.8 Å². The predicted octanol–water partition coefficient (Wildman–Crippen LogP) is 2.82. The number of hydrogen-bond acceptors (Lipinski definition) is 5. The first-order chi connectivity index (χ1) is 14.0. The largest absolute Gasteiger partial charge is 0.354 e. The monoisotopic (exact) mass is 436 g/mol. The zero-order valence-electron chi connectivity index (χ0n) is 17.1.